The van der Waals surface area contributed by atoms with Gasteiger partial charge in [-0.15, -0.1) is 0 Å². The van der Waals surface area contributed by atoms with E-state index in [9.17, 15) is 9.59 Å². The zero-order chi connectivity index (χ0) is 11.4. The molecule has 0 saturated carbocycles. The maximum Gasteiger partial charge on any atom is 0.396 e. The Morgan fingerprint density at radius 1 is 1.53 bits per heavy atom. The van der Waals surface area contributed by atoms with Crippen molar-refractivity contribution in [2.75, 3.05) is 12.4 Å². The Bertz CT molecular complexity index is 370. The number of methoxy groups -OCH3 is 1. The third-order valence-electron chi connectivity index (χ3n) is 1.77. The normalized spacial score (nSPS) is 10.1. The van der Waals surface area contributed by atoms with Gasteiger partial charge in [0.15, 0.2) is 0 Å². The summed E-state index contributed by atoms with van der Waals surface area (Å²) in [5, 5.41) is 6.41. The minimum Gasteiger partial charge on any atom is -0.462 e. The van der Waals surface area contributed by atoms with Crippen molar-refractivity contribution in [1.29, 1.82) is 0 Å². The van der Waals surface area contributed by atoms with Crippen LogP contribution < -0.4 is 5.32 Å². The van der Waals surface area contributed by atoms with E-state index in [4.69, 9.17) is 0 Å². The maximum atomic E-state index is 11.2. The lowest BCUT2D eigenvalue weighted by atomic mass is 10.4. The van der Waals surface area contributed by atoms with Crippen molar-refractivity contribution < 1.29 is 14.3 Å². The Kier molecular flexibility index (Phi) is 3.43. The molecule has 6 heteroatoms. The highest BCUT2D eigenvalue weighted by Crippen LogP contribution is 2.12. The minimum absolute atomic E-state index is 0.105. The molecule has 1 rings (SSSR count). The molecule has 82 valence electrons. The number of nitrogens with one attached hydrogen (secondary N) is 1. The molecule has 0 spiro atoms. The average molecular weight is 211 g/mol. The van der Waals surface area contributed by atoms with Crippen LogP contribution in [0, 0.1) is 0 Å². The number of nitrogens with zero attached hydrogens (tertiary/aromatic N) is 2. The van der Waals surface area contributed by atoms with E-state index in [-0.39, 0.29) is 6.04 Å². The van der Waals surface area contributed by atoms with Crippen LogP contribution in [0.3, 0.4) is 0 Å². The lowest BCUT2D eigenvalue weighted by molar-refractivity contribution is -0.150. The Labute approximate surface area is 87.2 Å². The second-order valence-electron chi connectivity index (χ2n) is 3.20. The molecule has 0 aliphatic carbocycles. The standard InChI is InChI=1S/C9H13N3O3/c1-6(2)12-7(4-5-10-12)11-8(13)9(14)15-3/h4-6H,1-3H3,(H,11,13). The molecule has 0 aromatic carbocycles. The van der Waals surface area contributed by atoms with Gasteiger partial charge in [-0.1, -0.05) is 0 Å². The van der Waals surface area contributed by atoms with Crippen LogP contribution in [0.2, 0.25) is 0 Å². The molecule has 1 N–H and O–H groups in total. The van der Waals surface area contributed by atoms with Gasteiger partial charge in [0.25, 0.3) is 0 Å². The molecule has 0 fully saturated rings. The van der Waals surface area contributed by atoms with Crippen LogP contribution in [0.4, 0.5) is 5.82 Å². The van der Waals surface area contributed by atoms with Gasteiger partial charge in [-0.3, -0.25) is 4.79 Å². The van der Waals surface area contributed by atoms with Gasteiger partial charge in [0.1, 0.15) is 5.82 Å². The topological polar surface area (TPSA) is 73.2 Å². The van der Waals surface area contributed by atoms with Crippen molar-refractivity contribution in [1.82, 2.24) is 9.78 Å². The first-order valence-corrected chi connectivity index (χ1v) is 4.49. The number of aromatic nitrogens is 2. The molecule has 6 nitrogen and oxygen atoms in total. The van der Waals surface area contributed by atoms with Crippen molar-refractivity contribution in [3.63, 3.8) is 0 Å². The van der Waals surface area contributed by atoms with Crippen LogP contribution in [0.25, 0.3) is 0 Å². The predicted octanol–water partition coefficient (Wildman–Crippen LogP) is 0.575. The highest BCUT2D eigenvalue weighted by Gasteiger charge is 2.16. The first-order chi connectivity index (χ1) is 7.06. The lowest BCUT2D eigenvalue weighted by Gasteiger charge is -2.10. The van der Waals surface area contributed by atoms with Gasteiger partial charge in [-0.05, 0) is 13.8 Å². The molecule has 1 aromatic heterocycles. The van der Waals surface area contributed by atoms with Gasteiger partial charge in [0.2, 0.25) is 0 Å². The summed E-state index contributed by atoms with van der Waals surface area (Å²) >= 11 is 0. The van der Waals surface area contributed by atoms with Gasteiger partial charge in [0.05, 0.1) is 13.3 Å². The minimum atomic E-state index is -0.925. The number of carbonyl (C=O) groups is 2. The molecule has 0 aliphatic rings. The fourth-order valence-electron chi connectivity index (χ4n) is 1.08. The predicted molar refractivity (Wildman–Crippen MR) is 53.3 cm³/mol. The second-order valence-corrected chi connectivity index (χ2v) is 3.20. The third kappa shape index (κ3) is 2.55. The van der Waals surface area contributed by atoms with Crippen LogP contribution in [0.5, 0.6) is 0 Å². The van der Waals surface area contributed by atoms with E-state index in [2.05, 4.69) is 15.2 Å². The van der Waals surface area contributed by atoms with Crippen LogP contribution in [0.1, 0.15) is 19.9 Å². The number of esters is 1. The number of ether oxygens (including phenoxy) is 1. The summed E-state index contributed by atoms with van der Waals surface area (Å²) in [7, 11) is 1.15. The van der Waals surface area contributed by atoms with Crippen LogP contribution in [-0.4, -0.2) is 28.8 Å². The zero-order valence-electron chi connectivity index (χ0n) is 8.85. The molecule has 0 radical (unpaired) electrons. The van der Waals surface area contributed by atoms with E-state index in [1.165, 1.54) is 0 Å². The first kappa shape index (κ1) is 11.2. The van der Waals surface area contributed by atoms with Crippen LogP contribution in [-0.2, 0) is 14.3 Å². The van der Waals surface area contributed by atoms with E-state index < -0.39 is 11.9 Å². The molecule has 1 amide bonds. The van der Waals surface area contributed by atoms with E-state index in [0.717, 1.165) is 7.11 Å². The van der Waals surface area contributed by atoms with Crippen molar-refractivity contribution >= 4 is 17.7 Å². The highest BCUT2D eigenvalue weighted by molar-refractivity contribution is 6.37. The summed E-state index contributed by atoms with van der Waals surface area (Å²) in [6.45, 7) is 3.83. The average Bonchev–Trinajstić information content (AvgIpc) is 2.64. The van der Waals surface area contributed by atoms with Gasteiger partial charge in [0, 0.05) is 12.1 Å². The number of hydrogen-bond acceptors (Lipinski definition) is 4. The largest absolute Gasteiger partial charge is 0.462 e. The number of amides is 1. The fraction of sp³-hybridized carbons (Fsp3) is 0.444. The van der Waals surface area contributed by atoms with Crippen molar-refractivity contribution in [3.8, 4) is 0 Å². The highest BCUT2D eigenvalue weighted by atomic mass is 16.5. The van der Waals surface area contributed by atoms with E-state index >= 15 is 0 Å². The number of anilines is 1. The van der Waals surface area contributed by atoms with E-state index in [0.29, 0.717) is 5.82 Å². The summed E-state index contributed by atoms with van der Waals surface area (Å²) in [5.41, 5.74) is 0. The molecule has 1 heterocycles. The Balaban J connectivity index is 2.76. The quantitative estimate of drug-likeness (QED) is 0.573. The Morgan fingerprint density at radius 3 is 2.73 bits per heavy atom. The second kappa shape index (κ2) is 4.59. The molecule has 1 aromatic rings. The van der Waals surface area contributed by atoms with Gasteiger partial charge in [-0.25, -0.2) is 9.48 Å². The summed E-state index contributed by atoms with van der Waals surface area (Å²) in [5.74, 6) is -1.26. The first-order valence-electron chi connectivity index (χ1n) is 4.49. The van der Waals surface area contributed by atoms with E-state index in [1.807, 2.05) is 13.8 Å². The Hall–Kier alpha value is -1.85. The third-order valence-corrected chi connectivity index (χ3v) is 1.77. The monoisotopic (exact) mass is 211 g/mol. The molecule has 0 bridgehead atoms. The molecule has 0 saturated heterocycles. The molecule has 15 heavy (non-hydrogen) atoms. The van der Waals surface area contributed by atoms with Crippen molar-refractivity contribution in [2.45, 2.75) is 19.9 Å². The zero-order valence-corrected chi connectivity index (χ0v) is 8.85. The molecule has 0 aliphatic heterocycles. The molecule has 0 atom stereocenters. The van der Waals surface area contributed by atoms with Crippen LogP contribution >= 0.6 is 0 Å². The number of rotatable bonds is 2. The van der Waals surface area contributed by atoms with Gasteiger partial charge in [-0.2, -0.15) is 5.10 Å². The summed E-state index contributed by atoms with van der Waals surface area (Å²) < 4.78 is 5.88. The molecular weight excluding hydrogens is 198 g/mol. The lowest BCUT2D eigenvalue weighted by Crippen LogP contribution is -2.25. The maximum absolute atomic E-state index is 11.2. The van der Waals surface area contributed by atoms with Crippen molar-refractivity contribution in [3.05, 3.63) is 12.3 Å². The van der Waals surface area contributed by atoms with Crippen LogP contribution in [0.15, 0.2) is 12.3 Å². The Morgan fingerprint density at radius 2 is 2.20 bits per heavy atom. The number of carbonyl (C=O) groups excluding carboxylic acids is 2. The summed E-state index contributed by atoms with van der Waals surface area (Å²) in [6, 6.07) is 1.72. The van der Waals surface area contributed by atoms with Gasteiger partial charge < -0.3 is 10.1 Å². The summed E-state index contributed by atoms with van der Waals surface area (Å²) in [4.78, 5) is 22.0. The SMILES string of the molecule is COC(=O)C(=O)Nc1ccnn1C(C)C. The molecular formula is C9H13N3O3. The van der Waals surface area contributed by atoms with Gasteiger partial charge >= 0.3 is 11.9 Å². The van der Waals surface area contributed by atoms with E-state index in [1.54, 1.807) is 16.9 Å². The number of hydrogen-bond donors (Lipinski definition) is 1. The van der Waals surface area contributed by atoms with Crippen molar-refractivity contribution in [2.24, 2.45) is 0 Å². The summed E-state index contributed by atoms with van der Waals surface area (Å²) in [6.07, 6.45) is 1.55. The molecule has 0 unspecified atom stereocenters. The fourth-order valence-corrected chi connectivity index (χ4v) is 1.08. The smallest absolute Gasteiger partial charge is 0.396 e.